The zero-order valence-electron chi connectivity index (χ0n) is 11.1. The summed E-state index contributed by atoms with van der Waals surface area (Å²) in [4.78, 5) is 4.12. The number of aliphatic hydroxyl groups is 1. The second-order valence-electron chi connectivity index (χ2n) is 3.42. The lowest BCUT2D eigenvalue weighted by atomic mass is 10.2. The zero-order chi connectivity index (χ0) is 12.6. The molecule has 0 saturated carbocycles. The summed E-state index contributed by atoms with van der Waals surface area (Å²) >= 11 is 0. The van der Waals surface area contributed by atoms with E-state index in [1.54, 1.807) is 6.21 Å². The number of ether oxygens (including phenoxy) is 1. The Morgan fingerprint density at radius 3 is 2.56 bits per heavy atom. The van der Waals surface area contributed by atoms with E-state index in [1.807, 2.05) is 6.08 Å². The second-order valence-corrected chi connectivity index (χ2v) is 3.42. The van der Waals surface area contributed by atoms with Crippen LogP contribution in [0, 0.1) is 0 Å². The SMILES string of the molecule is CC/C=C\C=N/CO[C@H](C)CCCC.CO. The Bertz CT molecular complexity index is 167. The van der Waals surface area contributed by atoms with Gasteiger partial charge in [0.1, 0.15) is 6.73 Å². The second kappa shape index (κ2) is 16.7. The maximum absolute atomic E-state index is 7.00. The van der Waals surface area contributed by atoms with Crippen molar-refractivity contribution < 1.29 is 9.84 Å². The molecule has 0 rings (SSSR count). The predicted octanol–water partition coefficient (Wildman–Crippen LogP) is 3.18. The molecular weight excluding hydrogens is 202 g/mol. The number of rotatable bonds is 8. The molecule has 0 aliphatic rings. The molecule has 0 bridgehead atoms. The lowest BCUT2D eigenvalue weighted by Gasteiger charge is -2.09. The van der Waals surface area contributed by atoms with Crippen LogP contribution in [0.2, 0.25) is 0 Å². The number of hydrogen-bond acceptors (Lipinski definition) is 3. The van der Waals surface area contributed by atoms with Crippen LogP contribution in [0.5, 0.6) is 0 Å². The summed E-state index contributed by atoms with van der Waals surface area (Å²) in [5, 5.41) is 7.00. The summed E-state index contributed by atoms with van der Waals surface area (Å²) in [6, 6.07) is 0. The molecule has 0 unspecified atom stereocenters. The molecule has 0 aliphatic heterocycles. The fourth-order valence-electron chi connectivity index (χ4n) is 1.05. The molecule has 3 nitrogen and oxygen atoms in total. The van der Waals surface area contributed by atoms with Crippen LogP contribution in [-0.4, -0.2) is 31.3 Å². The monoisotopic (exact) mass is 229 g/mol. The van der Waals surface area contributed by atoms with Crippen LogP contribution in [0.4, 0.5) is 0 Å². The third-order valence-corrected chi connectivity index (χ3v) is 1.96. The molecule has 1 atom stereocenters. The maximum atomic E-state index is 7.00. The molecule has 0 heterocycles. The van der Waals surface area contributed by atoms with Gasteiger partial charge in [0, 0.05) is 13.3 Å². The van der Waals surface area contributed by atoms with E-state index in [-0.39, 0.29) is 0 Å². The highest BCUT2D eigenvalue weighted by Gasteiger charge is 1.98. The Hall–Kier alpha value is -0.670. The molecule has 96 valence electrons. The van der Waals surface area contributed by atoms with E-state index >= 15 is 0 Å². The zero-order valence-corrected chi connectivity index (χ0v) is 11.1. The summed E-state index contributed by atoms with van der Waals surface area (Å²) in [5.74, 6) is 0. The summed E-state index contributed by atoms with van der Waals surface area (Å²) in [6.45, 7) is 6.89. The standard InChI is InChI=1S/C12H23NO.CH4O/c1-4-6-8-10-13-11-14-12(3)9-7-5-2;1-2/h6,8,10,12H,4-5,7,9,11H2,1-3H3;2H,1H3/b8-6-,13-10-;/t12-;/m1./s1. The van der Waals surface area contributed by atoms with Crippen LogP contribution >= 0.6 is 0 Å². The van der Waals surface area contributed by atoms with Crippen molar-refractivity contribution in [2.24, 2.45) is 4.99 Å². The number of hydrogen-bond donors (Lipinski definition) is 1. The number of unbranched alkanes of at least 4 members (excludes halogenated alkanes) is 1. The average Bonchev–Trinajstić information content (AvgIpc) is 2.33. The quantitative estimate of drug-likeness (QED) is 0.649. The van der Waals surface area contributed by atoms with Crippen LogP contribution in [0.3, 0.4) is 0 Å². The highest BCUT2D eigenvalue weighted by atomic mass is 16.5. The molecule has 0 spiro atoms. The lowest BCUT2D eigenvalue weighted by molar-refractivity contribution is 0.0650. The topological polar surface area (TPSA) is 41.8 Å². The Morgan fingerprint density at radius 1 is 1.31 bits per heavy atom. The molecule has 3 heteroatoms. The first kappa shape index (κ1) is 17.7. The first-order valence-corrected chi connectivity index (χ1v) is 6.02. The molecule has 0 fully saturated rings. The van der Waals surface area contributed by atoms with E-state index in [1.165, 1.54) is 12.8 Å². The first-order chi connectivity index (χ1) is 7.81. The van der Waals surface area contributed by atoms with Crippen molar-refractivity contribution in [1.82, 2.24) is 0 Å². The fraction of sp³-hybridized carbons (Fsp3) is 0.769. The summed E-state index contributed by atoms with van der Waals surface area (Å²) in [6.07, 6.45) is 10.8. The van der Waals surface area contributed by atoms with E-state index in [2.05, 4.69) is 31.8 Å². The maximum Gasteiger partial charge on any atom is 0.137 e. The molecule has 0 radical (unpaired) electrons. The molecule has 0 aliphatic carbocycles. The minimum Gasteiger partial charge on any atom is -0.400 e. The molecule has 0 aromatic rings. The molecule has 16 heavy (non-hydrogen) atoms. The Morgan fingerprint density at radius 2 is 2.00 bits per heavy atom. The van der Waals surface area contributed by atoms with Gasteiger partial charge in [0.05, 0.1) is 6.10 Å². The molecule has 1 N–H and O–H groups in total. The normalized spacial score (nSPS) is 12.8. The van der Waals surface area contributed by atoms with Crippen molar-refractivity contribution in [1.29, 1.82) is 0 Å². The Labute approximate surface area is 100 Å². The van der Waals surface area contributed by atoms with Gasteiger partial charge < -0.3 is 9.84 Å². The van der Waals surface area contributed by atoms with E-state index < -0.39 is 0 Å². The van der Waals surface area contributed by atoms with Gasteiger partial charge in [0.25, 0.3) is 0 Å². The third kappa shape index (κ3) is 15.8. The van der Waals surface area contributed by atoms with Crippen molar-refractivity contribution >= 4 is 6.21 Å². The van der Waals surface area contributed by atoms with Gasteiger partial charge in [-0.2, -0.15) is 0 Å². The van der Waals surface area contributed by atoms with E-state index in [4.69, 9.17) is 9.84 Å². The average molecular weight is 229 g/mol. The number of allylic oxidation sites excluding steroid dienone is 2. The van der Waals surface area contributed by atoms with Gasteiger partial charge in [0.15, 0.2) is 0 Å². The van der Waals surface area contributed by atoms with E-state index in [0.717, 1.165) is 20.0 Å². The smallest absolute Gasteiger partial charge is 0.137 e. The predicted molar refractivity (Wildman–Crippen MR) is 71.0 cm³/mol. The molecular formula is C13H27NO2. The van der Waals surface area contributed by atoms with Crippen molar-refractivity contribution in [3.8, 4) is 0 Å². The van der Waals surface area contributed by atoms with E-state index in [0.29, 0.717) is 12.8 Å². The van der Waals surface area contributed by atoms with Gasteiger partial charge in [-0.15, -0.1) is 0 Å². The Balaban J connectivity index is 0. The number of nitrogens with zero attached hydrogens (tertiary/aromatic N) is 1. The highest BCUT2D eigenvalue weighted by molar-refractivity contribution is 5.70. The van der Waals surface area contributed by atoms with Crippen molar-refractivity contribution in [2.45, 2.75) is 52.6 Å². The van der Waals surface area contributed by atoms with Gasteiger partial charge >= 0.3 is 0 Å². The molecule has 0 aromatic heterocycles. The highest BCUT2D eigenvalue weighted by Crippen LogP contribution is 2.03. The minimum absolute atomic E-state index is 0.335. The first-order valence-electron chi connectivity index (χ1n) is 6.02. The Kier molecular flexibility index (Phi) is 18.5. The molecule has 0 saturated heterocycles. The van der Waals surface area contributed by atoms with Gasteiger partial charge in [-0.1, -0.05) is 32.8 Å². The third-order valence-electron chi connectivity index (χ3n) is 1.96. The van der Waals surface area contributed by atoms with E-state index in [9.17, 15) is 0 Å². The van der Waals surface area contributed by atoms with Crippen LogP contribution in [-0.2, 0) is 4.74 Å². The summed E-state index contributed by atoms with van der Waals surface area (Å²) < 4.78 is 5.49. The van der Waals surface area contributed by atoms with Crippen LogP contribution in [0.15, 0.2) is 17.1 Å². The van der Waals surface area contributed by atoms with Crippen molar-refractivity contribution in [2.75, 3.05) is 13.8 Å². The summed E-state index contributed by atoms with van der Waals surface area (Å²) in [7, 11) is 1.00. The van der Waals surface area contributed by atoms with Gasteiger partial charge in [-0.25, -0.2) is 0 Å². The number of aliphatic hydroxyl groups excluding tert-OH is 1. The van der Waals surface area contributed by atoms with Gasteiger partial charge in [-0.05, 0) is 25.8 Å². The molecule has 0 aromatic carbocycles. The minimum atomic E-state index is 0.335. The van der Waals surface area contributed by atoms with Crippen LogP contribution in [0.1, 0.15) is 46.5 Å². The molecule has 0 amide bonds. The van der Waals surface area contributed by atoms with Gasteiger partial charge in [0.2, 0.25) is 0 Å². The lowest BCUT2D eigenvalue weighted by Crippen LogP contribution is -2.07. The van der Waals surface area contributed by atoms with Crippen LogP contribution in [0.25, 0.3) is 0 Å². The van der Waals surface area contributed by atoms with Crippen molar-refractivity contribution in [3.05, 3.63) is 12.2 Å². The summed E-state index contributed by atoms with van der Waals surface area (Å²) in [5.41, 5.74) is 0. The van der Waals surface area contributed by atoms with Crippen molar-refractivity contribution in [3.63, 3.8) is 0 Å². The number of aliphatic imine (C=N–C) groups is 1. The fourth-order valence-corrected chi connectivity index (χ4v) is 1.05. The largest absolute Gasteiger partial charge is 0.400 e. The van der Waals surface area contributed by atoms with Crippen LogP contribution < -0.4 is 0 Å². The van der Waals surface area contributed by atoms with Gasteiger partial charge in [-0.3, -0.25) is 4.99 Å².